The zero-order valence-corrected chi connectivity index (χ0v) is 18.6. The molecule has 1 saturated heterocycles. The molecule has 7 nitrogen and oxygen atoms in total. The first-order chi connectivity index (χ1) is 16.0. The molecular weight excluding hydrogens is 419 g/mol. The van der Waals surface area contributed by atoms with Crippen LogP contribution >= 0.6 is 0 Å². The van der Waals surface area contributed by atoms with Crippen LogP contribution in [-0.2, 0) is 5.41 Å². The van der Waals surface area contributed by atoms with Crippen LogP contribution < -0.4 is 5.73 Å². The van der Waals surface area contributed by atoms with Gasteiger partial charge in [0.05, 0.1) is 12.1 Å². The molecular formula is C25H27FN6O. The number of aliphatic hydroxyl groups is 1. The number of fused-ring (bicyclic) bond motifs is 2. The van der Waals surface area contributed by atoms with E-state index in [0.717, 1.165) is 43.4 Å². The van der Waals surface area contributed by atoms with Crippen molar-refractivity contribution in [2.24, 2.45) is 5.73 Å². The molecule has 1 aliphatic heterocycles. The SMILES string of the molecule is C[C@@H](c1ccc2nnc(-c3ccc4cc(F)c(C5(CO)CC5)cc4n3)n2c1)N1CC[C@H](N)C1. The Morgan fingerprint density at radius 3 is 2.79 bits per heavy atom. The highest BCUT2D eigenvalue weighted by atomic mass is 19.1. The van der Waals surface area contributed by atoms with Gasteiger partial charge < -0.3 is 10.8 Å². The van der Waals surface area contributed by atoms with E-state index in [-0.39, 0.29) is 24.5 Å². The highest BCUT2D eigenvalue weighted by molar-refractivity contribution is 5.82. The summed E-state index contributed by atoms with van der Waals surface area (Å²) in [5.74, 6) is 0.366. The van der Waals surface area contributed by atoms with Gasteiger partial charge in [-0.3, -0.25) is 9.30 Å². The van der Waals surface area contributed by atoms with Gasteiger partial charge in [-0.05, 0) is 61.6 Å². The first-order valence-corrected chi connectivity index (χ1v) is 11.5. The van der Waals surface area contributed by atoms with Crippen LogP contribution in [-0.4, -0.2) is 55.3 Å². The lowest BCUT2D eigenvalue weighted by Crippen LogP contribution is -2.28. The first kappa shape index (κ1) is 20.7. The fourth-order valence-corrected chi connectivity index (χ4v) is 5.04. The Bertz CT molecular complexity index is 1360. The van der Waals surface area contributed by atoms with Crippen molar-refractivity contribution in [1.29, 1.82) is 0 Å². The van der Waals surface area contributed by atoms with Gasteiger partial charge in [-0.15, -0.1) is 10.2 Å². The number of benzene rings is 1. The second-order valence-corrected chi connectivity index (χ2v) is 9.59. The fourth-order valence-electron chi connectivity index (χ4n) is 5.04. The maximum absolute atomic E-state index is 14.7. The molecule has 33 heavy (non-hydrogen) atoms. The summed E-state index contributed by atoms with van der Waals surface area (Å²) in [6, 6.07) is 11.6. The summed E-state index contributed by atoms with van der Waals surface area (Å²) in [4.78, 5) is 7.21. The number of pyridine rings is 2. The molecule has 170 valence electrons. The van der Waals surface area contributed by atoms with Crippen molar-refractivity contribution in [2.75, 3.05) is 19.7 Å². The van der Waals surface area contributed by atoms with E-state index in [1.807, 2.05) is 22.6 Å². The average molecular weight is 447 g/mol. The molecule has 8 heteroatoms. The number of hydrogen-bond acceptors (Lipinski definition) is 6. The van der Waals surface area contributed by atoms with Crippen LogP contribution in [0.2, 0.25) is 0 Å². The van der Waals surface area contributed by atoms with E-state index in [1.165, 1.54) is 11.6 Å². The molecule has 3 N–H and O–H groups in total. The number of aromatic nitrogens is 4. The molecule has 0 spiro atoms. The third-order valence-corrected chi connectivity index (χ3v) is 7.45. The molecule has 0 bridgehead atoms. The lowest BCUT2D eigenvalue weighted by molar-refractivity contribution is 0.252. The highest BCUT2D eigenvalue weighted by Gasteiger charge is 2.45. The van der Waals surface area contributed by atoms with E-state index in [9.17, 15) is 9.50 Å². The molecule has 1 saturated carbocycles. The van der Waals surface area contributed by atoms with Gasteiger partial charge >= 0.3 is 0 Å². The van der Waals surface area contributed by atoms with E-state index < -0.39 is 5.41 Å². The standard InChI is InChI=1S/C25H27FN6O/c1-15(31-9-6-18(27)13-31)17-3-5-23-29-30-24(32(23)12-17)21-4-2-16-10-20(26)19(11-22(16)28-21)25(14-33)7-8-25/h2-5,10-12,15,18,33H,6-9,13-14,27H2,1H3/t15-,18-/m0/s1. The number of nitrogens with zero attached hydrogens (tertiary/aromatic N) is 5. The van der Waals surface area contributed by atoms with Crippen LogP contribution in [0.25, 0.3) is 28.1 Å². The van der Waals surface area contributed by atoms with Crippen molar-refractivity contribution in [3.63, 3.8) is 0 Å². The van der Waals surface area contributed by atoms with Crippen molar-refractivity contribution in [2.45, 2.75) is 43.7 Å². The summed E-state index contributed by atoms with van der Waals surface area (Å²) in [7, 11) is 0. The normalized spacial score (nSPS) is 21.2. The van der Waals surface area contributed by atoms with E-state index in [0.29, 0.717) is 22.6 Å². The van der Waals surface area contributed by atoms with E-state index in [1.54, 1.807) is 6.07 Å². The van der Waals surface area contributed by atoms with Gasteiger partial charge in [-0.1, -0.05) is 12.1 Å². The summed E-state index contributed by atoms with van der Waals surface area (Å²) < 4.78 is 16.7. The molecule has 1 aromatic carbocycles. The zero-order chi connectivity index (χ0) is 22.7. The molecule has 1 aliphatic carbocycles. The number of nitrogens with two attached hydrogens (primary N) is 1. The van der Waals surface area contributed by atoms with Gasteiger partial charge in [-0.25, -0.2) is 9.37 Å². The number of hydrogen-bond donors (Lipinski definition) is 2. The fraction of sp³-hybridized carbons (Fsp3) is 0.400. The van der Waals surface area contributed by atoms with Crippen molar-refractivity contribution in [1.82, 2.24) is 24.5 Å². The Labute approximate surface area is 191 Å². The van der Waals surface area contributed by atoms with Crippen molar-refractivity contribution in [3.8, 4) is 11.5 Å². The van der Waals surface area contributed by atoms with E-state index in [2.05, 4.69) is 34.3 Å². The third kappa shape index (κ3) is 3.40. The number of halogens is 1. The lowest BCUT2D eigenvalue weighted by Gasteiger charge is -2.24. The van der Waals surface area contributed by atoms with Crippen molar-refractivity contribution in [3.05, 3.63) is 59.5 Å². The predicted octanol–water partition coefficient (Wildman–Crippen LogP) is 3.20. The molecule has 2 aliphatic rings. The van der Waals surface area contributed by atoms with Gasteiger partial charge in [0.15, 0.2) is 11.5 Å². The minimum absolute atomic E-state index is 0.0488. The second kappa shape index (κ2) is 7.55. The first-order valence-electron chi connectivity index (χ1n) is 11.5. The van der Waals surface area contributed by atoms with Crippen LogP contribution in [0.3, 0.4) is 0 Å². The number of aliphatic hydroxyl groups excluding tert-OH is 1. The summed E-state index contributed by atoms with van der Waals surface area (Å²) in [6.45, 7) is 4.04. The largest absolute Gasteiger partial charge is 0.395 e. The van der Waals surface area contributed by atoms with Crippen LogP contribution in [0.4, 0.5) is 4.39 Å². The van der Waals surface area contributed by atoms with Gasteiger partial charge in [0, 0.05) is 42.2 Å². The minimum Gasteiger partial charge on any atom is -0.395 e. The van der Waals surface area contributed by atoms with Gasteiger partial charge in [0.1, 0.15) is 11.5 Å². The molecule has 4 aromatic rings. The zero-order valence-electron chi connectivity index (χ0n) is 18.6. The molecule has 2 atom stereocenters. The lowest BCUT2D eigenvalue weighted by atomic mass is 9.95. The molecule has 2 fully saturated rings. The van der Waals surface area contributed by atoms with Crippen LogP contribution in [0.5, 0.6) is 0 Å². The monoisotopic (exact) mass is 446 g/mol. The Morgan fingerprint density at radius 1 is 1.21 bits per heavy atom. The summed E-state index contributed by atoms with van der Waals surface area (Å²) in [5, 5.41) is 19.2. The molecule has 6 rings (SSSR count). The quantitative estimate of drug-likeness (QED) is 0.489. The average Bonchev–Trinajstić information content (AvgIpc) is 3.31. The van der Waals surface area contributed by atoms with Gasteiger partial charge in [-0.2, -0.15) is 0 Å². The summed E-state index contributed by atoms with van der Waals surface area (Å²) >= 11 is 0. The molecule has 0 radical (unpaired) electrons. The third-order valence-electron chi connectivity index (χ3n) is 7.45. The topological polar surface area (TPSA) is 92.6 Å². The highest BCUT2D eigenvalue weighted by Crippen LogP contribution is 2.49. The smallest absolute Gasteiger partial charge is 0.187 e. The van der Waals surface area contributed by atoms with Crippen LogP contribution in [0, 0.1) is 5.82 Å². The van der Waals surface area contributed by atoms with Gasteiger partial charge in [0.2, 0.25) is 0 Å². The molecule has 0 amide bonds. The molecule has 0 unspecified atom stereocenters. The second-order valence-electron chi connectivity index (χ2n) is 9.59. The van der Waals surface area contributed by atoms with E-state index >= 15 is 0 Å². The minimum atomic E-state index is -0.458. The number of likely N-dealkylation sites (tertiary alicyclic amines) is 1. The maximum atomic E-state index is 14.7. The molecule has 3 aromatic heterocycles. The van der Waals surface area contributed by atoms with Crippen molar-refractivity contribution < 1.29 is 9.50 Å². The summed E-state index contributed by atoms with van der Waals surface area (Å²) in [5.41, 5.74) is 9.48. The Balaban J connectivity index is 1.41. The summed E-state index contributed by atoms with van der Waals surface area (Å²) in [6.07, 6.45) is 4.68. The van der Waals surface area contributed by atoms with Crippen LogP contribution in [0.1, 0.15) is 43.4 Å². The number of rotatable bonds is 5. The van der Waals surface area contributed by atoms with Crippen LogP contribution in [0.15, 0.2) is 42.6 Å². The van der Waals surface area contributed by atoms with Crippen molar-refractivity contribution >= 4 is 16.6 Å². The maximum Gasteiger partial charge on any atom is 0.187 e. The van der Waals surface area contributed by atoms with Gasteiger partial charge in [0.25, 0.3) is 0 Å². The Hall–Kier alpha value is -2.94. The Morgan fingerprint density at radius 2 is 2.06 bits per heavy atom. The van der Waals surface area contributed by atoms with E-state index in [4.69, 9.17) is 10.7 Å². The predicted molar refractivity (Wildman–Crippen MR) is 124 cm³/mol. The molecule has 4 heterocycles. The Kier molecular flexibility index (Phi) is 4.72.